The molecule has 3 aromatic carbocycles. The van der Waals surface area contributed by atoms with E-state index in [-0.39, 0.29) is 11.8 Å². The van der Waals surface area contributed by atoms with Crippen molar-refractivity contribution in [1.82, 2.24) is 4.90 Å². The topological polar surface area (TPSA) is 62.6 Å². The standard InChI is InChI=1S/C30H28N2O3/c1-21-8-5-6-13-26(21)30(34)31-25-12-7-11-23(18-25)28-19-24-20-32(17-16-27(24)35-28)29(33)15-14-22-9-3-2-4-10-22/h2-13,18-19H,14-17,20H2,1H3,(H,31,34). The molecule has 1 aliphatic heterocycles. The van der Waals surface area contributed by atoms with Gasteiger partial charge in [0.25, 0.3) is 5.91 Å². The van der Waals surface area contributed by atoms with E-state index in [1.807, 2.05) is 84.6 Å². The van der Waals surface area contributed by atoms with Crippen molar-refractivity contribution in [2.24, 2.45) is 0 Å². The zero-order chi connectivity index (χ0) is 24.2. The van der Waals surface area contributed by atoms with Crippen molar-refractivity contribution in [2.75, 3.05) is 11.9 Å². The quantitative estimate of drug-likeness (QED) is 0.379. The van der Waals surface area contributed by atoms with E-state index in [2.05, 4.69) is 17.4 Å². The fraction of sp³-hybridized carbons (Fsp3) is 0.200. The molecule has 2 amide bonds. The molecule has 5 rings (SSSR count). The minimum absolute atomic E-state index is 0.136. The van der Waals surface area contributed by atoms with Gasteiger partial charge in [0.2, 0.25) is 5.91 Å². The molecular weight excluding hydrogens is 436 g/mol. The smallest absolute Gasteiger partial charge is 0.255 e. The Hall–Kier alpha value is -4.12. The first-order valence-corrected chi connectivity index (χ1v) is 12.0. The molecule has 0 saturated heterocycles. The van der Waals surface area contributed by atoms with Gasteiger partial charge in [0.15, 0.2) is 0 Å². The molecule has 1 aliphatic rings. The summed E-state index contributed by atoms with van der Waals surface area (Å²) in [4.78, 5) is 27.4. The van der Waals surface area contributed by atoms with Crippen LogP contribution in [0.25, 0.3) is 11.3 Å². The number of hydrogen-bond acceptors (Lipinski definition) is 3. The Morgan fingerprint density at radius 1 is 0.943 bits per heavy atom. The third-order valence-corrected chi connectivity index (χ3v) is 6.48. The van der Waals surface area contributed by atoms with Gasteiger partial charge in [-0.3, -0.25) is 9.59 Å². The Morgan fingerprint density at radius 3 is 2.57 bits per heavy atom. The van der Waals surface area contributed by atoms with Crippen LogP contribution < -0.4 is 5.32 Å². The first-order chi connectivity index (χ1) is 17.1. The van der Waals surface area contributed by atoms with Gasteiger partial charge in [-0.05, 0) is 48.7 Å². The maximum atomic E-state index is 12.8. The van der Waals surface area contributed by atoms with Crippen LogP contribution in [0, 0.1) is 6.92 Å². The van der Waals surface area contributed by atoms with Crippen LogP contribution in [0.15, 0.2) is 89.3 Å². The second-order valence-electron chi connectivity index (χ2n) is 8.96. The number of benzene rings is 3. The van der Waals surface area contributed by atoms with E-state index in [9.17, 15) is 9.59 Å². The number of fused-ring (bicyclic) bond motifs is 1. The van der Waals surface area contributed by atoms with Crippen molar-refractivity contribution in [3.05, 3.63) is 113 Å². The van der Waals surface area contributed by atoms with Gasteiger partial charge in [0.1, 0.15) is 11.5 Å². The van der Waals surface area contributed by atoms with Crippen LogP contribution in [0.4, 0.5) is 5.69 Å². The van der Waals surface area contributed by atoms with E-state index in [0.29, 0.717) is 37.2 Å². The highest BCUT2D eigenvalue weighted by Gasteiger charge is 2.24. The lowest BCUT2D eigenvalue weighted by Gasteiger charge is -2.26. The van der Waals surface area contributed by atoms with Crippen molar-refractivity contribution >= 4 is 17.5 Å². The number of aryl methyl sites for hydroxylation is 2. The van der Waals surface area contributed by atoms with Crippen LogP contribution in [-0.4, -0.2) is 23.3 Å². The second kappa shape index (κ2) is 10.0. The van der Waals surface area contributed by atoms with Crippen LogP contribution in [0.5, 0.6) is 0 Å². The molecule has 0 unspecified atom stereocenters. The number of hydrogen-bond donors (Lipinski definition) is 1. The lowest BCUT2D eigenvalue weighted by molar-refractivity contribution is -0.132. The number of carbonyl (C=O) groups is 2. The Labute approximate surface area is 205 Å². The summed E-state index contributed by atoms with van der Waals surface area (Å²) in [6.45, 7) is 3.16. The van der Waals surface area contributed by atoms with Crippen LogP contribution in [0.3, 0.4) is 0 Å². The molecular formula is C30H28N2O3. The van der Waals surface area contributed by atoms with Crippen LogP contribution in [-0.2, 0) is 24.2 Å². The zero-order valence-corrected chi connectivity index (χ0v) is 19.8. The fourth-order valence-electron chi connectivity index (χ4n) is 4.52. The van der Waals surface area contributed by atoms with Gasteiger partial charge < -0.3 is 14.6 Å². The summed E-state index contributed by atoms with van der Waals surface area (Å²) in [5, 5.41) is 2.99. The van der Waals surface area contributed by atoms with E-state index in [1.54, 1.807) is 0 Å². The monoisotopic (exact) mass is 464 g/mol. The van der Waals surface area contributed by atoms with Gasteiger partial charge in [-0.2, -0.15) is 0 Å². The zero-order valence-electron chi connectivity index (χ0n) is 19.8. The molecule has 35 heavy (non-hydrogen) atoms. The number of rotatable bonds is 6. The van der Waals surface area contributed by atoms with Gasteiger partial charge in [-0.25, -0.2) is 0 Å². The summed E-state index contributed by atoms with van der Waals surface area (Å²) in [5.41, 5.74) is 5.42. The largest absolute Gasteiger partial charge is 0.461 e. The molecule has 0 spiro atoms. The third-order valence-electron chi connectivity index (χ3n) is 6.48. The molecule has 0 aliphatic carbocycles. The fourth-order valence-corrected chi connectivity index (χ4v) is 4.52. The number of nitrogens with zero attached hydrogens (tertiary/aromatic N) is 1. The predicted octanol–water partition coefficient (Wildman–Crippen LogP) is 6.02. The van der Waals surface area contributed by atoms with Crippen LogP contribution >= 0.6 is 0 Å². The van der Waals surface area contributed by atoms with E-state index in [4.69, 9.17) is 4.42 Å². The van der Waals surface area contributed by atoms with Crippen molar-refractivity contribution in [3.8, 4) is 11.3 Å². The number of amides is 2. The SMILES string of the molecule is Cc1ccccc1C(=O)Nc1cccc(-c2cc3c(o2)CCN(C(=O)CCc2ccccc2)C3)c1. The van der Waals surface area contributed by atoms with E-state index < -0.39 is 0 Å². The third kappa shape index (κ3) is 5.19. The van der Waals surface area contributed by atoms with Crippen LogP contribution in [0.2, 0.25) is 0 Å². The Morgan fingerprint density at radius 2 is 1.74 bits per heavy atom. The number of furan rings is 1. The summed E-state index contributed by atoms with van der Waals surface area (Å²) in [5.74, 6) is 1.72. The average molecular weight is 465 g/mol. The molecule has 4 aromatic rings. The normalized spacial score (nSPS) is 12.8. The van der Waals surface area contributed by atoms with E-state index >= 15 is 0 Å². The molecule has 176 valence electrons. The Bertz CT molecular complexity index is 1360. The van der Waals surface area contributed by atoms with Gasteiger partial charge in [-0.15, -0.1) is 0 Å². The molecule has 0 bridgehead atoms. The highest BCUT2D eigenvalue weighted by Crippen LogP contribution is 2.31. The molecule has 1 N–H and O–H groups in total. The average Bonchev–Trinajstić information content (AvgIpc) is 3.32. The maximum absolute atomic E-state index is 12.8. The van der Waals surface area contributed by atoms with Crippen molar-refractivity contribution in [3.63, 3.8) is 0 Å². The predicted molar refractivity (Wildman–Crippen MR) is 137 cm³/mol. The first-order valence-electron chi connectivity index (χ1n) is 12.0. The van der Waals surface area contributed by atoms with Crippen molar-refractivity contribution in [1.29, 1.82) is 0 Å². The molecule has 0 radical (unpaired) electrons. The summed E-state index contributed by atoms with van der Waals surface area (Å²) < 4.78 is 6.16. The minimum Gasteiger partial charge on any atom is -0.461 e. The number of carbonyl (C=O) groups excluding carboxylic acids is 2. The number of nitrogens with one attached hydrogen (secondary N) is 1. The molecule has 0 fully saturated rings. The molecule has 1 aromatic heterocycles. The number of anilines is 1. The first kappa shape index (κ1) is 22.7. The molecule has 0 atom stereocenters. The molecule has 2 heterocycles. The Balaban J connectivity index is 1.26. The van der Waals surface area contributed by atoms with Gasteiger partial charge >= 0.3 is 0 Å². The summed E-state index contributed by atoms with van der Waals surface area (Å²) in [6, 6.07) is 27.3. The van der Waals surface area contributed by atoms with Crippen molar-refractivity contribution in [2.45, 2.75) is 32.7 Å². The van der Waals surface area contributed by atoms with Gasteiger partial charge in [0.05, 0.1) is 0 Å². The summed E-state index contributed by atoms with van der Waals surface area (Å²) in [6.07, 6.45) is 1.96. The minimum atomic E-state index is -0.136. The van der Waals surface area contributed by atoms with Crippen molar-refractivity contribution < 1.29 is 14.0 Å². The lowest BCUT2D eigenvalue weighted by Crippen LogP contribution is -2.35. The van der Waals surface area contributed by atoms with Gasteiger partial charge in [0, 0.05) is 48.3 Å². The van der Waals surface area contributed by atoms with E-state index in [1.165, 1.54) is 5.56 Å². The van der Waals surface area contributed by atoms with Crippen LogP contribution in [0.1, 0.15) is 39.2 Å². The van der Waals surface area contributed by atoms with E-state index in [0.717, 1.165) is 34.6 Å². The highest BCUT2D eigenvalue weighted by atomic mass is 16.3. The second-order valence-corrected chi connectivity index (χ2v) is 8.96. The highest BCUT2D eigenvalue weighted by molar-refractivity contribution is 6.05. The summed E-state index contributed by atoms with van der Waals surface area (Å²) >= 11 is 0. The molecule has 5 heteroatoms. The molecule has 0 saturated carbocycles. The summed E-state index contributed by atoms with van der Waals surface area (Å²) in [7, 11) is 0. The lowest BCUT2D eigenvalue weighted by atomic mass is 10.1. The maximum Gasteiger partial charge on any atom is 0.255 e. The molecule has 5 nitrogen and oxygen atoms in total. The van der Waals surface area contributed by atoms with Gasteiger partial charge in [-0.1, -0.05) is 60.7 Å². The Kier molecular flexibility index (Phi) is 6.49.